The van der Waals surface area contributed by atoms with Crippen LogP contribution >= 0.6 is 0 Å². The second-order valence-electron chi connectivity index (χ2n) is 5.85. The molecule has 3 rings (SSSR count). The highest BCUT2D eigenvalue weighted by molar-refractivity contribution is 6.06. The molecule has 1 aromatic heterocycles. The maximum absolute atomic E-state index is 12.7. The fourth-order valence-corrected chi connectivity index (χ4v) is 2.90. The minimum atomic E-state index is 0.147. The molecule has 0 unspecified atom stereocenters. The van der Waals surface area contributed by atoms with E-state index in [4.69, 9.17) is 0 Å². The number of aromatic nitrogens is 1. The highest BCUT2D eigenvalue weighted by atomic mass is 16.2. The number of nitrogens with one attached hydrogen (secondary N) is 2. The molecule has 0 atom stereocenters. The van der Waals surface area contributed by atoms with E-state index >= 15 is 0 Å². The van der Waals surface area contributed by atoms with E-state index in [9.17, 15) is 4.79 Å². The summed E-state index contributed by atoms with van der Waals surface area (Å²) in [6.45, 7) is 3.86. The van der Waals surface area contributed by atoms with Gasteiger partial charge in [0.05, 0.1) is 0 Å². The first-order valence-corrected chi connectivity index (χ1v) is 7.17. The molecular weight excluding hydrogens is 250 g/mol. The van der Waals surface area contributed by atoms with Crippen molar-refractivity contribution in [3.8, 4) is 0 Å². The van der Waals surface area contributed by atoms with Gasteiger partial charge in [-0.05, 0) is 45.0 Å². The van der Waals surface area contributed by atoms with Crippen molar-refractivity contribution < 1.29 is 4.79 Å². The number of fused-ring (bicyclic) bond motifs is 1. The summed E-state index contributed by atoms with van der Waals surface area (Å²) in [5.41, 5.74) is 1.99. The van der Waals surface area contributed by atoms with Crippen LogP contribution in [0.2, 0.25) is 0 Å². The van der Waals surface area contributed by atoms with Crippen molar-refractivity contribution >= 4 is 16.8 Å². The average Bonchev–Trinajstić information content (AvgIpc) is 2.95. The van der Waals surface area contributed by atoms with Gasteiger partial charge in [0.15, 0.2) is 0 Å². The Kier molecular flexibility index (Phi) is 3.26. The fraction of sp³-hybridized carbons (Fsp3) is 0.438. The Balaban J connectivity index is 1.82. The summed E-state index contributed by atoms with van der Waals surface area (Å²) < 4.78 is 0. The van der Waals surface area contributed by atoms with Crippen molar-refractivity contribution in [2.24, 2.45) is 0 Å². The predicted octanol–water partition coefficient (Wildman–Crippen LogP) is 2.38. The number of hydrogen-bond donors (Lipinski definition) is 2. The summed E-state index contributed by atoms with van der Waals surface area (Å²) in [4.78, 5) is 17.8. The summed E-state index contributed by atoms with van der Waals surface area (Å²) >= 11 is 0. The Morgan fingerprint density at radius 3 is 2.75 bits per heavy atom. The smallest absolute Gasteiger partial charge is 0.254 e. The van der Waals surface area contributed by atoms with Gasteiger partial charge in [0, 0.05) is 41.3 Å². The normalized spacial score (nSPS) is 18.4. The van der Waals surface area contributed by atoms with E-state index in [0.717, 1.165) is 42.4 Å². The van der Waals surface area contributed by atoms with Crippen LogP contribution in [0.5, 0.6) is 0 Å². The van der Waals surface area contributed by atoms with Crippen molar-refractivity contribution in [3.63, 3.8) is 0 Å². The minimum absolute atomic E-state index is 0.147. The maximum Gasteiger partial charge on any atom is 0.254 e. The zero-order chi connectivity index (χ0) is 14.2. The number of hydrogen-bond acceptors (Lipinski definition) is 2. The van der Waals surface area contributed by atoms with Crippen LogP contribution in [0.3, 0.4) is 0 Å². The van der Waals surface area contributed by atoms with Crippen LogP contribution in [0.25, 0.3) is 10.9 Å². The van der Waals surface area contributed by atoms with Gasteiger partial charge in [-0.2, -0.15) is 0 Å². The molecule has 2 heterocycles. The molecule has 4 nitrogen and oxygen atoms in total. The molecule has 1 aliphatic heterocycles. The zero-order valence-electron chi connectivity index (χ0n) is 12.1. The van der Waals surface area contributed by atoms with E-state index in [2.05, 4.69) is 17.2 Å². The van der Waals surface area contributed by atoms with Crippen LogP contribution < -0.4 is 5.32 Å². The molecule has 0 aliphatic carbocycles. The number of amides is 1. The Morgan fingerprint density at radius 1 is 1.30 bits per heavy atom. The molecule has 1 aromatic carbocycles. The van der Waals surface area contributed by atoms with E-state index in [1.54, 1.807) is 0 Å². The molecule has 0 bridgehead atoms. The van der Waals surface area contributed by atoms with Crippen molar-refractivity contribution in [1.82, 2.24) is 15.2 Å². The number of piperidine rings is 1. The zero-order valence-corrected chi connectivity index (χ0v) is 12.1. The minimum Gasteiger partial charge on any atom is -0.361 e. The van der Waals surface area contributed by atoms with Crippen LogP contribution in [0.4, 0.5) is 0 Å². The number of nitrogens with zero attached hydrogens (tertiary/aromatic N) is 1. The number of likely N-dealkylation sites (tertiary alicyclic amines) is 1. The van der Waals surface area contributed by atoms with E-state index in [1.807, 2.05) is 42.4 Å². The molecule has 0 radical (unpaired) electrons. The second kappa shape index (κ2) is 4.94. The van der Waals surface area contributed by atoms with Gasteiger partial charge < -0.3 is 15.2 Å². The third-order valence-corrected chi connectivity index (χ3v) is 4.58. The first-order valence-electron chi connectivity index (χ1n) is 7.17. The van der Waals surface area contributed by atoms with Gasteiger partial charge in [-0.25, -0.2) is 0 Å². The lowest BCUT2D eigenvalue weighted by Gasteiger charge is -2.39. The largest absolute Gasteiger partial charge is 0.361 e. The molecule has 1 saturated heterocycles. The number of H-pyrrole nitrogens is 1. The molecular formula is C16H21N3O. The molecule has 1 fully saturated rings. The van der Waals surface area contributed by atoms with Crippen LogP contribution in [0.1, 0.15) is 30.1 Å². The molecule has 20 heavy (non-hydrogen) atoms. The van der Waals surface area contributed by atoms with E-state index in [-0.39, 0.29) is 11.4 Å². The lowest BCUT2D eigenvalue weighted by molar-refractivity contribution is 0.0664. The Bertz CT molecular complexity index is 623. The van der Waals surface area contributed by atoms with E-state index in [0.29, 0.717) is 0 Å². The summed E-state index contributed by atoms with van der Waals surface area (Å²) in [6.07, 6.45) is 3.88. The van der Waals surface area contributed by atoms with Gasteiger partial charge in [-0.1, -0.05) is 6.07 Å². The van der Waals surface area contributed by atoms with Crippen LogP contribution in [0, 0.1) is 0 Å². The number of benzene rings is 1. The van der Waals surface area contributed by atoms with Crippen molar-refractivity contribution in [2.75, 3.05) is 20.1 Å². The second-order valence-corrected chi connectivity index (χ2v) is 5.85. The third-order valence-electron chi connectivity index (χ3n) is 4.58. The topological polar surface area (TPSA) is 48.1 Å². The molecule has 4 heteroatoms. The van der Waals surface area contributed by atoms with Gasteiger partial charge >= 0.3 is 0 Å². The first-order chi connectivity index (χ1) is 9.63. The van der Waals surface area contributed by atoms with Crippen LogP contribution in [0.15, 0.2) is 30.5 Å². The van der Waals surface area contributed by atoms with Crippen molar-refractivity contribution in [1.29, 1.82) is 0 Å². The van der Waals surface area contributed by atoms with Gasteiger partial charge in [0.25, 0.3) is 5.91 Å². The molecule has 1 amide bonds. The molecule has 0 saturated carbocycles. The van der Waals surface area contributed by atoms with E-state index in [1.165, 1.54) is 0 Å². The maximum atomic E-state index is 12.7. The molecule has 2 N–H and O–H groups in total. The van der Waals surface area contributed by atoms with Crippen LogP contribution in [-0.4, -0.2) is 41.5 Å². The number of aromatic amines is 1. The highest BCUT2D eigenvalue weighted by Gasteiger charge is 2.31. The fourth-order valence-electron chi connectivity index (χ4n) is 2.90. The Labute approximate surface area is 119 Å². The van der Waals surface area contributed by atoms with Gasteiger partial charge in [0.1, 0.15) is 0 Å². The Hall–Kier alpha value is -1.81. The lowest BCUT2D eigenvalue weighted by atomic mass is 9.89. The van der Waals surface area contributed by atoms with E-state index < -0.39 is 0 Å². The van der Waals surface area contributed by atoms with Gasteiger partial charge in [0.2, 0.25) is 0 Å². The summed E-state index contributed by atoms with van der Waals surface area (Å²) in [7, 11) is 2.00. The number of carbonyl (C=O) groups is 1. The third kappa shape index (κ3) is 2.20. The van der Waals surface area contributed by atoms with Crippen molar-refractivity contribution in [2.45, 2.75) is 25.3 Å². The predicted molar refractivity (Wildman–Crippen MR) is 80.9 cm³/mol. The quantitative estimate of drug-likeness (QED) is 0.881. The van der Waals surface area contributed by atoms with Gasteiger partial charge in [-0.3, -0.25) is 4.79 Å². The molecule has 0 spiro atoms. The van der Waals surface area contributed by atoms with Gasteiger partial charge in [-0.15, -0.1) is 0 Å². The molecule has 2 aromatic rings. The summed E-state index contributed by atoms with van der Waals surface area (Å²) in [6, 6.07) is 7.84. The van der Waals surface area contributed by atoms with Crippen LogP contribution in [-0.2, 0) is 0 Å². The summed E-state index contributed by atoms with van der Waals surface area (Å²) in [5.74, 6) is 0.147. The lowest BCUT2D eigenvalue weighted by Crippen LogP contribution is -2.51. The Morgan fingerprint density at radius 2 is 2.05 bits per heavy atom. The highest BCUT2D eigenvalue weighted by Crippen LogP contribution is 2.24. The summed E-state index contributed by atoms with van der Waals surface area (Å²) in [5, 5.41) is 4.38. The first kappa shape index (κ1) is 13.2. The SMILES string of the molecule is CNC1(C)CCN(C(=O)c2cccc3[nH]ccc23)CC1. The van der Waals surface area contributed by atoms with Crippen molar-refractivity contribution in [3.05, 3.63) is 36.0 Å². The average molecular weight is 271 g/mol. The number of carbonyl (C=O) groups excluding carboxylic acids is 1. The molecule has 106 valence electrons. The standard InChI is InChI=1S/C16H21N3O/c1-16(17-2)7-10-19(11-8-16)15(20)13-4-3-5-14-12(13)6-9-18-14/h3-6,9,17-18H,7-8,10-11H2,1-2H3. The monoisotopic (exact) mass is 271 g/mol. The number of rotatable bonds is 2. The molecule has 1 aliphatic rings.